The lowest BCUT2D eigenvalue weighted by Crippen LogP contribution is -2.29. The number of hydrogen-bond acceptors (Lipinski definition) is 5. The van der Waals surface area contributed by atoms with Crippen molar-refractivity contribution in [3.05, 3.63) is 101 Å². The van der Waals surface area contributed by atoms with E-state index in [1.165, 1.54) is 4.40 Å². The summed E-state index contributed by atoms with van der Waals surface area (Å²) in [4.78, 5) is 17.3. The Morgan fingerprint density at radius 1 is 1.06 bits per heavy atom. The molecule has 6 nitrogen and oxygen atoms in total. The predicted octanol–water partition coefficient (Wildman–Crippen LogP) is 5.17. The van der Waals surface area contributed by atoms with Gasteiger partial charge in [-0.1, -0.05) is 18.2 Å². The number of aromatic nitrogens is 2. The number of halogens is 1. The number of pyridine rings is 1. The molecule has 1 aliphatic heterocycles. The molecule has 0 unspecified atom stereocenters. The lowest BCUT2D eigenvalue weighted by Gasteiger charge is -2.18. The maximum atomic E-state index is 14.5. The zero-order valence-electron chi connectivity index (χ0n) is 18.6. The molecule has 168 valence electrons. The molecular formula is C27H20FN3O3. The van der Waals surface area contributed by atoms with Crippen LogP contribution in [0.3, 0.4) is 0 Å². The number of nitriles is 1. The van der Waals surface area contributed by atoms with Gasteiger partial charge in [-0.3, -0.25) is 9.20 Å². The quantitative estimate of drug-likeness (QED) is 0.417. The van der Waals surface area contributed by atoms with E-state index in [1.807, 2.05) is 0 Å². The third-order valence-electron chi connectivity index (χ3n) is 5.69. The van der Waals surface area contributed by atoms with Gasteiger partial charge in [0.25, 0.3) is 0 Å². The molecule has 2 aromatic heterocycles. The topological polar surface area (TPSA) is 76.6 Å². The number of imidazole rings is 1. The van der Waals surface area contributed by atoms with Crippen molar-refractivity contribution in [2.24, 2.45) is 0 Å². The molecule has 0 saturated carbocycles. The minimum absolute atomic E-state index is 0.0198. The van der Waals surface area contributed by atoms with Gasteiger partial charge in [-0.2, -0.15) is 9.65 Å². The van der Waals surface area contributed by atoms with Gasteiger partial charge in [0.1, 0.15) is 29.5 Å². The second-order valence-corrected chi connectivity index (χ2v) is 8.43. The Hall–Kier alpha value is -4.44. The molecule has 3 heterocycles. The predicted molar refractivity (Wildman–Crippen MR) is 124 cm³/mol. The normalized spacial score (nSPS) is 14.8. The monoisotopic (exact) mass is 453 g/mol. The highest BCUT2D eigenvalue weighted by atomic mass is 19.1. The van der Waals surface area contributed by atoms with E-state index in [2.05, 4.69) is 11.1 Å². The third-order valence-corrected chi connectivity index (χ3v) is 5.69. The van der Waals surface area contributed by atoms with Gasteiger partial charge in [-0.15, -0.1) is 0 Å². The summed E-state index contributed by atoms with van der Waals surface area (Å²) in [6, 6.07) is 21.3. The first-order valence-electron chi connectivity index (χ1n) is 10.7. The highest BCUT2D eigenvalue weighted by Gasteiger charge is 2.42. The summed E-state index contributed by atoms with van der Waals surface area (Å²) in [7, 11) is 0. The summed E-state index contributed by atoms with van der Waals surface area (Å²) in [5.74, 6) is 0.418. The number of ketones is 1. The van der Waals surface area contributed by atoms with E-state index >= 15 is 0 Å². The van der Waals surface area contributed by atoms with Crippen LogP contribution in [0.5, 0.6) is 5.75 Å². The molecule has 34 heavy (non-hydrogen) atoms. The molecule has 1 aliphatic rings. The van der Waals surface area contributed by atoms with Crippen LogP contribution >= 0.6 is 0 Å². The molecule has 0 radical (unpaired) electrons. The largest absolute Gasteiger partial charge is 0.487 e. The standard InChI is InChI=1S/C27H20FN3O3/c1-27(2)25(32)23(18-8-6-17(15-29)7-9-18)24(34-27)19-10-12-20(13-11-19)33-16-21-26(28)31-14-4-3-5-22(31)30-21/h3-14H,16H2,1-2H3. The molecule has 0 amide bonds. The highest BCUT2D eigenvalue weighted by Crippen LogP contribution is 2.41. The Balaban J connectivity index is 1.41. The van der Waals surface area contributed by atoms with Crippen molar-refractivity contribution in [1.82, 2.24) is 9.38 Å². The van der Waals surface area contributed by atoms with Crippen LogP contribution in [0, 0.1) is 17.3 Å². The molecule has 4 aromatic rings. The minimum atomic E-state index is -1.01. The molecule has 0 N–H and O–H groups in total. The molecule has 0 atom stereocenters. The molecule has 0 saturated heterocycles. The SMILES string of the molecule is CC1(C)OC(c2ccc(OCc3nc4ccccn4c3F)cc2)=C(c2ccc(C#N)cc2)C1=O. The van der Waals surface area contributed by atoms with Gasteiger partial charge in [0, 0.05) is 11.8 Å². The lowest BCUT2D eigenvalue weighted by molar-refractivity contribution is -0.125. The van der Waals surface area contributed by atoms with Crippen LogP contribution in [0.4, 0.5) is 4.39 Å². The van der Waals surface area contributed by atoms with Crippen molar-refractivity contribution in [1.29, 1.82) is 5.26 Å². The smallest absolute Gasteiger partial charge is 0.224 e. The van der Waals surface area contributed by atoms with Crippen molar-refractivity contribution in [3.8, 4) is 11.8 Å². The van der Waals surface area contributed by atoms with Crippen LogP contribution in [0.25, 0.3) is 17.0 Å². The van der Waals surface area contributed by atoms with Crippen LogP contribution < -0.4 is 4.74 Å². The number of carbonyl (C=O) groups excluding carboxylic acids is 1. The zero-order chi connectivity index (χ0) is 23.9. The number of benzene rings is 2. The number of fused-ring (bicyclic) bond motifs is 1. The molecular weight excluding hydrogens is 433 g/mol. The van der Waals surface area contributed by atoms with Crippen LogP contribution in [-0.4, -0.2) is 20.8 Å². The fourth-order valence-electron chi connectivity index (χ4n) is 3.89. The number of rotatable bonds is 5. The van der Waals surface area contributed by atoms with Gasteiger partial charge in [0.2, 0.25) is 11.7 Å². The van der Waals surface area contributed by atoms with Crippen LogP contribution in [-0.2, 0) is 16.1 Å². The first-order valence-corrected chi connectivity index (χ1v) is 10.7. The second kappa shape index (κ2) is 8.16. The number of Topliss-reactive ketones (excluding diaryl/α,β-unsaturated/α-hetero) is 1. The average molecular weight is 453 g/mol. The number of nitrogens with zero attached hydrogens (tertiary/aromatic N) is 3. The summed E-state index contributed by atoms with van der Waals surface area (Å²) in [5.41, 5.74) is 2.11. The van der Waals surface area contributed by atoms with E-state index in [9.17, 15) is 9.18 Å². The minimum Gasteiger partial charge on any atom is -0.487 e. The number of hydrogen-bond donors (Lipinski definition) is 0. The van der Waals surface area contributed by atoms with Crippen molar-refractivity contribution in [2.45, 2.75) is 26.1 Å². The van der Waals surface area contributed by atoms with Gasteiger partial charge >= 0.3 is 0 Å². The second-order valence-electron chi connectivity index (χ2n) is 8.43. The summed E-state index contributed by atoms with van der Waals surface area (Å²) in [6.07, 6.45) is 1.61. The number of ether oxygens (including phenoxy) is 2. The van der Waals surface area contributed by atoms with E-state index in [-0.39, 0.29) is 18.1 Å². The van der Waals surface area contributed by atoms with E-state index in [0.717, 1.165) is 0 Å². The first-order chi connectivity index (χ1) is 16.4. The molecule has 7 heteroatoms. The van der Waals surface area contributed by atoms with E-state index in [1.54, 1.807) is 86.8 Å². The van der Waals surface area contributed by atoms with Crippen molar-refractivity contribution < 1.29 is 18.7 Å². The zero-order valence-corrected chi connectivity index (χ0v) is 18.6. The highest BCUT2D eigenvalue weighted by molar-refractivity contribution is 6.32. The van der Waals surface area contributed by atoms with Gasteiger partial charge in [-0.05, 0) is 67.9 Å². The summed E-state index contributed by atoms with van der Waals surface area (Å²) in [6.45, 7) is 3.44. The molecule has 0 bridgehead atoms. The van der Waals surface area contributed by atoms with Crippen molar-refractivity contribution in [2.75, 3.05) is 0 Å². The van der Waals surface area contributed by atoms with Crippen LogP contribution in [0.2, 0.25) is 0 Å². The van der Waals surface area contributed by atoms with Gasteiger partial charge < -0.3 is 9.47 Å². The van der Waals surface area contributed by atoms with Crippen LogP contribution in [0.1, 0.15) is 36.2 Å². The molecule has 2 aromatic carbocycles. The Kier molecular flexibility index (Phi) is 5.14. The molecule has 0 spiro atoms. The third kappa shape index (κ3) is 3.69. The van der Waals surface area contributed by atoms with E-state index in [4.69, 9.17) is 14.7 Å². The number of carbonyl (C=O) groups is 1. The van der Waals surface area contributed by atoms with Gasteiger partial charge in [-0.25, -0.2) is 4.98 Å². The average Bonchev–Trinajstić information content (AvgIpc) is 3.30. The Bertz CT molecular complexity index is 1480. The lowest BCUT2D eigenvalue weighted by atomic mass is 9.92. The summed E-state index contributed by atoms with van der Waals surface area (Å²) in [5, 5.41) is 9.06. The van der Waals surface area contributed by atoms with Crippen molar-refractivity contribution >= 4 is 22.8 Å². The summed E-state index contributed by atoms with van der Waals surface area (Å²) < 4.78 is 27.7. The van der Waals surface area contributed by atoms with Crippen LogP contribution in [0.15, 0.2) is 72.9 Å². The first kappa shape index (κ1) is 21.4. The fourth-order valence-corrected chi connectivity index (χ4v) is 3.89. The Labute approximate surface area is 195 Å². The Morgan fingerprint density at radius 2 is 1.76 bits per heavy atom. The van der Waals surface area contributed by atoms with Crippen molar-refractivity contribution in [3.63, 3.8) is 0 Å². The van der Waals surface area contributed by atoms with E-state index in [0.29, 0.717) is 39.4 Å². The van der Waals surface area contributed by atoms with E-state index < -0.39 is 11.5 Å². The summed E-state index contributed by atoms with van der Waals surface area (Å²) >= 11 is 0. The molecule has 0 aliphatic carbocycles. The molecule has 0 fully saturated rings. The molecule has 5 rings (SSSR count). The van der Waals surface area contributed by atoms with Gasteiger partial charge in [0.05, 0.1) is 17.2 Å². The fraction of sp³-hybridized carbons (Fsp3) is 0.148. The van der Waals surface area contributed by atoms with Gasteiger partial charge in [0.15, 0.2) is 5.60 Å². The maximum Gasteiger partial charge on any atom is 0.224 e. The Morgan fingerprint density at radius 3 is 2.44 bits per heavy atom. The maximum absolute atomic E-state index is 14.5.